The Balaban J connectivity index is 0.000000865. The number of carbonyl (C=O) groups is 2. The summed E-state index contributed by atoms with van der Waals surface area (Å²) in [5, 5.41) is 8.40. The van der Waals surface area contributed by atoms with E-state index < -0.39 is 0 Å². The van der Waals surface area contributed by atoms with Crippen LogP contribution in [0.1, 0.15) is 96.8 Å². The van der Waals surface area contributed by atoms with E-state index in [9.17, 15) is 4.79 Å². The summed E-state index contributed by atoms with van der Waals surface area (Å²) < 4.78 is 11.2. The maximum atomic E-state index is 10.9. The number of amides is 2. The Labute approximate surface area is 227 Å². The van der Waals surface area contributed by atoms with Crippen LogP contribution in [0.5, 0.6) is 5.75 Å². The van der Waals surface area contributed by atoms with E-state index in [1.807, 2.05) is 52.2 Å². The highest BCUT2D eigenvalue weighted by Crippen LogP contribution is 2.16. The molecule has 4 N–H and O–H groups in total. The maximum Gasteiger partial charge on any atom is 0.243 e. The van der Waals surface area contributed by atoms with Crippen molar-refractivity contribution in [2.24, 2.45) is 10.7 Å². The summed E-state index contributed by atoms with van der Waals surface area (Å²) in [7, 11) is 0. The molecule has 1 heterocycles. The van der Waals surface area contributed by atoms with Gasteiger partial charge in [0, 0.05) is 37.1 Å². The monoisotopic (exact) mass is 530 g/mol. The molecule has 0 fully saturated rings. The molecular formula is C29H46N4O5. The van der Waals surface area contributed by atoms with Gasteiger partial charge in [-0.15, -0.1) is 0 Å². The molecular weight excluding hydrogens is 484 g/mol. The average Bonchev–Trinajstić information content (AvgIpc) is 3.38. The lowest BCUT2D eigenvalue weighted by atomic mass is 10.1. The van der Waals surface area contributed by atoms with Gasteiger partial charge in [0.05, 0.1) is 12.8 Å². The summed E-state index contributed by atoms with van der Waals surface area (Å²) in [4.78, 5) is 28.0. The van der Waals surface area contributed by atoms with Crippen molar-refractivity contribution < 1.29 is 24.0 Å². The number of aryl methyl sites for hydroxylation is 1. The van der Waals surface area contributed by atoms with Crippen LogP contribution in [0.25, 0.3) is 0 Å². The largest absolute Gasteiger partial charge is 0.494 e. The van der Waals surface area contributed by atoms with Crippen LogP contribution in [0, 0.1) is 0 Å². The average molecular weight is 531 g/mol. The third kappa shape index (κ3) is 17.9. The summed E-state index contributed by atoms with van der Waals surface area (Å²) in [5.41, 5.74) is 9.27. The van der Waals surface area contributed by atoms with Crippen molar-refractivity contribution in [3.8, 4) is 5.75 Å². The molecule has 0 saturated carbocycles. The molecule has 0 radical (unpaired) electrons. The molecule has 9 nitrogen and oxygen atoms in total. The zero-order valence-corrected chi connectivity index (χ0v) is 23.8. The lowest BCUT2D eigenvalue weighted by Gasteiger charge is -2.08. The molecule has 2 rings (SSSR count). The first kappa shape index (κ1) is 34.5. The molecule has 0 aliphatic rings. The second-order valence-corrected chi connectivity index (χ2v) is 9.24. The Morgan fingerprint density at radius 1 is 1.21 bits per heavy atom. The number of nitrogens with zero attached hydrogens (tertiary/aromatic N) is 2. The SMILES string of the molecule is CC(C)=CN=C(C)Cc1cccc(OCCCCCCC(=O)NO)c1.CCc1ncc(C(C)C)o1.NC=O. The molecule has 1 aromatic heterocycles. The van der Waals surface area contributed by atoms with E-state index in [0.717, 1.165) is 61.6 Å². The van der Waals surface area contributed by atoms with Gasteiger partial charge in [-0.25, -0.2) is 10.5 Å². The zero-order chi connectivity index (χ0) is 28.8. The van der Waals surface area contributed by atoms with Crippen molar-refractivity contribution in [3.05, 3.63) is 59.4 Å². The highest BCUT2D eigenvalue weighted by molar-refractivity contribution is 5.84. The third-order valence-corrected chi connectivity index (χ3v) is 5.04. The summed E-state index contributed by atoms with van der Waals surface area (Å²) in [6.07, 6.45) is 9.71. The molecule has 9 heteroatoms. The first-order valence-corrected chi connectivity index (χ1v) is 13.1. The van der Waals surface area contributed by atoms with Gasteiger partial charge in [-0.2, -0.15) is 0 Å². The van der Waals surface area contributed by atoms with Gasteiger partial charge in [0.25, 0.3) is 0 Å². The van der Waals surface area contributed by atoms with E-state index >= 15 is 0 Å². The molecule has 38 heavy (non-hydrogen) atoms. The van der Waals surface area contributed by atoms with E-state index in [-0.39, 0.29) is 12.3 Å². The Bertz CT molecular complexity index is 979. The fraction of sp³-hybridized carbons (Fsp3) is 0.517. The number of rotatable bonds is 13. The minimum absolute atomic E-state index is 0.250. The van der Waals surface area contributed by atoms with Crippen molar-refractivity contribution in [3.63, 3.8) is 0 Å². The molecule has 0 unspecified atom stereocenters. The smallest absolute Gasteiger partial charge is 0.243 e. The molecule has 0 saturated heterocycles. The molecule has 212 valence electrons. The van der Waals surface area contributed by atoms with Crippen molar-refractivity contribution in [1.29, 1.82) is 0 Å². The van der Waals surface area contributed by atoms with Gasteiger partial charge in [-0.1, -0.05) is 51.3 Å². The summed E-state index contributed by atoms with van der Waals surface area (Å²) >= 11 is 0. The summed E-state index contributed by atoms with van der Waals surface area (Å²) in [5.74, 6) is 2.83. The van der Waals surface area contributed by atoms with E-state index in [1.165, 1.54) is 11.1 Å². The molecule has 0 atom stereocenters. The molecule has 0 spiro atoms. The van der Waals surface area contributed by atoms with Gasteiger partial charge in [-0.05, 0) is 51.3 Å². The van der Waals surface area contributed by atoms with Gasteiger partial charge >= 0.3 is 0 Å². The molecule has 2 amide bonds. The van der Waals surface area contributed by atoms with Crippen LogP contribution in [0.4, 0.5) is 0 Å². The number of nitrogens with one attached hydrogen (secondary N) is 1. The number of hydrogen-bond donors (Lipinski definition) is 3. The van der Waals surface area contributed by atoms with E-state index in [2.05, 4.69) is 41.7 Å². The highest BCUT2D eigenvalue weighted by Gasteiger charge is 2.04. The fourth-order valence-electron chi connectivity index (χ4n) is 3.07. The van der Waals surface area contributed by atoms with Crippen LogP contribution < -0.4 is 16.0 Å². The number of ether oxygens (including phenoxy) is 1. The van der Waals surface area contributed by atoms with Crippen LogP contribution >= 0.6 is 0 Å². The molecule has 0 aliphatic carbocycles. The second kappa shape index (κ2) is 21.6. The van der Waals surface area contributed by atoms with Crippen molar-refractivity contribution in [1.82, 2.24) is 10.5 Å². The Morgan fingerprint density at radius 3 is 2.45 bits per heavy atom. The van der Waals surface area contributed by atoms with Gasteiger partial charge in [0.2, 0.25) is 12.3 Å². The van der Waals surface area contributed by atoms with Gasteiger partial charge < -0.3 is 14.9 Å². The maximum absolute atomic E-state index is 10.9. The normalized spacial score (nSPS) is 10.5. The highest BCUT2D eigenvalue weighted by atomic mass is 16.5. The Kier molecular flexibility index (Phi) is 19.6. The minimum Gasteiger partial charge on any atom is -0.494 e. The number of aromatic nitrogens is 1. The molecule has 0 bridgehead atoms. The number of nitrogens with two attached hydrogens (primary N) is 1. The number of unbranched alkanes of at least 4 members (excludes halogenated alkanes) is 3. The molecule has 1 aromatic carbocycles. The topological polar surface area (TPSA) is 140 Å². The van der Waals surface area contributed by atoms with Crippen molar-refractivity contribution >= 4 is 18.0 Å². The number of primary amides is 1. The van der Waals surface area contributed by atoms with E-state index in [0.29, 0.717) is 18.9 Å². The third-order valence-electron chi connectivity index (χ3n) is 5.04. The first-order valence-electron chi connectivity index (χ1n) is 13.1. The molecule has 2 aromatic rings. The van der Waals surface area contributed by atoms with Crippen LogP contribution in [0.2, 0.25) is 0 Å². The van der Waals surface area contributed by atoms with Gasteiger partial charge in [0.1, 0.15) is 11.5 Å². The van der Waals surface area contributed by atoms with E-state index in [1.54, 1.807) is 5.48 Å². The van der Waals surface area contributed by atoms with Gasteiger partial charge in [-0.3, -0.25) is 19.8 Å². The second-order valence-electron chi connectivity index (χ2n) is 9.24. The number of carbonyl (C=O) groups excluding carboxylic acids is 2. The molecule has 0 aliphatic heterocycles. The number of allylic oxidation sites excluding steroid dienone is 1. The van der Waals surface area contributed by atoms with E-state index in [4.69, 9.17) is 19.2 Å². The number of aliphatic imine (C=N–C) groups is 1. The van der Waals surface area contributed by atoms with Crippen molar-refractivity contribution in [2.75, 3.05) is 6.61 Å². The fourth-order valence-corrected chi connectivity index (χ4v) is 3.07. The van der Waals surface area contributed by atoms with Crippen LogP contribution in [-0.2, 0) is 22.4 Å². The predicted molar refractivity (Wildman–Crippen MR) is 151 cm³/mol. The Morgan fingerprint density at radius 2 is 1.89 bits per heavy atom. The lowest BCUT2D eigenvalue weighted by Crippen LogP contribution is -2.17. The standard InChI is InChI=1S/C20H30N2O3.C8H13NO.CH3NO/c1-16(2)15-21-17(3)13-18-9-8-10-19(14-18)25-12-7-5-4-6-11-20(23)22-24;1-4-8-9-5-7(10-8)6(2)3;2-1-3/h8-10,14-15,24H,4-7,11-13H2,1-3H3,(H,22,23);5-6H,4H2,1-3H3;1H,(H2,2,3). The number of benzene rings is 1. The minimum atomic E-state index is -0.323. The quantitative estimate of drug-likeness (QED) is 0.0967. The Hall–Kier alpha value is -3.46. The number of hydroxylamine groups is 1. The lowest BCUT2D eigenvalue weighted by molar-refractivity contribution is -0.129. The van der Waals surface area contributed by atoms with Crippen molar-refractivity contribution in [2.45, 2.75) is 92.4 Å². The summed E-state index contributed by atoms with van der Waals surface area (Å²) in [6, 6.07) is 8.12. The number of hydrogen-bond acceptors (Lipinski definition) is 7. The summed E-state index contributed by atoms with van der Waals surface area (Å²) in [6.45, 7) is 13.0. The predicted octanol–water partition coefficient (Wildman–Crippen LogP) is 5.91. The van der Waals surface area contributed by atoms with Crippen LogP contribution in [0.3, 0.4) is 0 Å². The number of oxazole rings is 1. The first-order chi connectivity index (χ1) is 18.2. The zero-order valence-electron chi connectivity index (χ0n) is 23.8. The van der Waals surface area contributed by atoms with Crippen LogP contribution in [0.15, 0.2) is 51.6 Å². The van der Waals surface area contributed by atoms with Gasteiger partial charge in [0.15, 0.2) is 5.89 Å². The van der Waals surface area contributed by atoms with Crippen LogP contribution in [-0.4, -0.2) is 34.8 Å².